The van der Waals surface area contributed by atoms with E-state index in [1.807, 2.05) is 1020 Å². The molecule has 0 radical (unpaired) electrons. The van der Waals surface area contributed by atoms with E-state index in [0.717, 1.165) is 0 Å². The first kappa shape index (κ1) is 160. The minimum absolute atomic E-state index is 1.37. The highest BCUT2D eigenvalue weighted by atomic mass is 33.6. The van der Waals surface area contributed by atoms with Gasteiger partial charge in [0.25, 0.3) is 0 Å². The Labute approximate surface area is 1130 Å². The second-order valence-electron chi connectivity index (χ2n) is 8.78. The van der Waals surface area contributed by atoms with Crippen LogP contribution in [0.4, 0.5) is 0 Å². The van der Waals surface area contributed by atoms with Crippen LogP contribution in [0.2, 0.25) is 0 Å². The van der Waals surface area contributed by atoms with Crippen molar-refractivity contribution in [2.24, 2.45) is 0 Å². The zero-order valence-electron chi connectivity index (χ0n) is 53.5. The molecule has 131 heavy (non-hydrogen) atoms. The van der Waals surface area contributed by atoms with Crippen LogP contribution in [0.25, 0.3) is 0 Å². The molecule has 0 aromatic rings. The lowest BCUT2D eigenvalue weighted by Gasteiger charge is -1.41. The first-order chi connectivity index (χ1) is 65.4. The van der Waals surface area contributed by atoms with Crippen molar-refractivity contribution in [1.29, 1.82) is 0 Å². The van der Waals surface area contributed by atoms with E-state index in [4.69, 9.17) is 22.4 Å². The third-order valence-electron chi connectivity index (χ3n) is 3.56. The zero-order chi connectivity index (χ0) is 93.2. The quantitative estimate of drug-likeness (QED) is 0.327. The van der Waals surface area contributed by atoms with Crippen LogP contribution in [0.5, 0.6) is 0 Å². The Morgan fingerprint density at radius 2 is 0.0611 bits per heavy atom. The summed E-state index contributed by atoms with van der Waals surface area (Å²) in [5.74, 6) is 0. The third kappa shape index (κ3) is 159. The molecule has 0 saturated heterocycles. The van der Waals surface area contributed by atoms with Crippen LogP contribution in [0.15, 0.2) is 0 Å². The maximum atomic E-state index is 4.83. The summed E-state index contributed by atoms with van der Waals surface area (Å²) < 4.78 is 0. The second kappa shape index (κ2) is 159. The molecule has 0 heterocycles. The standard InChI is InChI=1S/S131/c1-3-5-7-9-11-13-15-17-19-21-23-25-27-29-31-33-35-37-39-41-43-45-47-49-51-53-55-57-59-61-63-65-67-69-71-73-75-77-79-81-83-85-87-89-91-93-95-97-99-101-103-105-107-109-111-113-115-117-119-121-123-125-127-129-131-130-128-126-124-122-120-118-116-114-112-110-108-106-104-102-100-98-96-94-92-90-88-86-84-82-80-78-76-74-72-70-68-66-64-62-60-58-56-54-52-50-48-46-44-42-40-38-36-34-32-30-28-26-24-22-20-18-16-14-12-10-8-6-4-2. The molecule has 0 nitrogen and oxygen atoms in total. The minimum Gasteiger partial charge on any atom is 0 e. The predicted octanol–water partition coefficient (Wildman–Crippen LogP) is -0.314. The molecule has 0 rings (SSSR count). The number of rotatable bonds is 0. The molecule has 0 aromatic carbocycles. The van der Waals surface area contributed by atoms with Gasteiger partial charge in [0.05, 0.1) is 0 Å². The second-order valence-corrected chi connectivity index (χ2v) is 237. The highest BCUT2D eigenvalue weighted by Crippen LogP contribution is 1.54. The van der Waals surface area contributed by atoms with Crippen molar-refractivity contribution < 1.29 is 0 Å². The van der Waals surface area contributed by atoms with E-state index in [1.165, 1.54) is 17.8 Å². The van der Waals surface area contributed by atoms with E-state index < -0.39 is 0 Å². The minimum atomic E-state index is 1.37. The van der Waals surface area contributed by atoms with Gasteiger partial charge < -0.3 is 0 Å². The molecular weight excluding hydrogens is 4200 g/mol. The van der Waals surface area contributed by atoms with Gasteiger partial charge in [-0.25, -0.2) is 0 Å². The average Bonchev–Trinajstić information content (AvgIpc) is 1.22. The Bertz CT molecular complexity index is 9770. The van der Waals surface area contributed by atoms with Gasteiger partial charge in [-0.3, -0.25) is 0 Å². The molecule has 0 N–H and O–H groups in total. The van der Waals surface area contributed by atoms with Gasteiger partial charge in [-0.15, -0.1) is 0 Å². The van der Waals surface area contributed by atoms with Crippen LogP contribution in [-0.4, -0.2) is 0 Å². The van der Waals surface area contributed by atoms with E-state index in [9.17, 15) is 0 Å². The molecule has 786 valence electrons. The summed E-state index contributed by atoms with van der Waals surface area (Å²) in [6.07, 6.45) is 0. The van der Waals surface area contributed by atoms with Gasteiger partial charge in [0.2, 0.25) is 0 Å². The van der Waals surface area contributed by atoms with Crippen molar-refractivity contribution in [3.8, 4) is 0 Å². The molecule has 0 aliphatic carbocycles. The number of hydrogen-bond donors (Lipinski definition) is 0. The van der Waals surface area contributed by atoms with Gasteiger partial charge in [-0.05, 0) is 0 Å². The summed E-state index contributed by atoms with van der Waals surface area (Å²) >= 11 is 9.67. The summed E-state index contributed by atoms with van der Waals surface area (Å²) in [5, 5.41) is 0. The maximum absolute atomic E-state index is 4.83. The lowest BCUT2D eigenvalue weighted by molar-refractivity contribution is 5.95. The van der Waals surface area contributed by atoms with E-state index in [1.54, 1.807) is 107 Å². The molecule has 0 aromatic heterocycles. The third-order valence-corrected chi connectivity index (χ3v) is 288. The summed E-state index contributed by atoms with van der Waals surface area (Å²) in [6.45, 7) is 0. The van der Waals surface area contributed by atoms with E-state index >= 15 is 0 Å². The largest absolute Gasteiger partial charge is 0 e. The van der Waals surface area contributed by atoms with Crippen LogP contribution in [0.1, 0.15) is 0 Å². The Balaban J connectivity index is 6.20. The van der Waals surface area contributed by atoms with Crippen molar-refractivity contribution in [1.82, 2.24) is 0 Å². The smallest absolute Gasteiger partial charge is 0 e. The molecule has 0 unspecified atom stereocenters. The van der Waals surface area contributed by atoms with Crippen molar-refractivity contribution in [3.05, 3.63) is 0 Å². The SMILES string of the molecule is S=S=S=S=S=S=S=S=S=S=S=S=S=S=S=S=S=S=S=S=S=S=S=S=S=S=S=S=S=S=S=S=S=S=S=S=S=S=S=S=S=S=S=S=S=S=S=S=S=S=S=S=S=S=S=S=S=S=S=S=S=S=S=S=S=S=S=S=S=S=S=S=S=S=S=S=S=S=S=S=S=S=S=S=S=S=S=S=S=S=S=S=S=S=S=S=S=S=S=S=S=S=S=S=S=S=S=S=S=S=S=S=S=S=S=S=S=S=S=S=S=S=S=S=S=S=S=S=S=S=S. The fourth-order valence-electron chi connectivity index (χ4n) is 1.44. The van der Waals surface area contributed by atoms with E-state index in [2.05, 4.69) is 0 Å². The van der Waals surface area contributed by atoms with Crippen molar-refractivity contribution in [2.75, 3.05) is 0 Å². The molecule has 0 amide bonds. The topological polar surface area (TPSA) is 0 Å². The Kier molecular flexibility index (Phi) is 194. The van der Waals surface area contributed by atoms with Crippen LogP contribution in [0, 0.1) is 0 Å². The van der Waals surface area contributed by atoms with Crippen LogP contribution >= 0.6 is 0 Å². The summed E-state index contributed by atoms with van der Waals surface area (Å²) in [6, 6.07) is 0. The molecule has 131 heteroatoms. The molecule has 0 aliphatic rings. The van der Waals surface area contributed by atoms with Crippen LogP contribution in [0.3, 0.4) is 0 Å². The van der Waals surface area contributed by atoms with Crippen molar-refractivity contribution >= 4 is 1170 Å². The molecule has 0 saturated carbocycles. The Morgan fingerprint density at radius 1 is 0.0382 bits per heavy atom. The van der Waals surface area contributed by atoms with E-state index in [-0.39, 0.29) is 0 Å². The highest BCUT2D eigenvalue weighted by molar-refractivity contribution is 8.90. The van der Waals surface area contributed by atoms with Gasteiger partial charge in [-0.2, -0.15) is 0 Å². The molecule has 0 atom stereocenters. The lowest BCUT2D eigenvalue weighted by Crippen LogP contribution is -1.42. The summed E-state index contributed by atoms with van der Waals surface area (Å²) in [7, 11) is 234. The van der Waals surface area contributed by atoms with Gasteiger partial charge in [0, 0.05) is 1170 Å². The van der Waals surface area contributed by atoms with Gasteiger partial charge >= 0.3 is 0 Å². The molecular formula is S131. The highest BCUT2D eigenvalue weighted by Gasteiger charge is 1.54. The Hall–Kier alpha value is 28.8. The van der Waals surface area contributed by atoms with Crippen LogP contribution < -0.4 is 0 Å². The molecule has 0 aliphatic heterocycles. The first-order valence-corrected chi connectivity index (χ1v) is 195. The number of hydrogen-bond acceptors (Lipinski definition) is 2. The Morgan fingerprint density at radius 3 is 0.0840 bits per heavy atom. The molecule has 0 spiro atoms. The molecule has 0 fully saturated rings. The van der Waals surface area contributed by atoms with Crippen molar-refractivity contribution in [2.45, 2.75) is 0 Å². The predicted molar refractivity (Wildman–Crippen MR) is 965 cm³/mol. The van der Waals surface area contributed by atoms with E-state index in [0.29, 0.717) is 0 Å². The first-order valence-electron chi connectivity index (χ1n) is 21.7. The normalized spacial score (nSPS) is 7.91. The monoisotopic (exact) mass is 4190 g/mol. The fourth-order valence-corrected chi connectivity index (χ4v) is 350. The average molecular weight is 4200 g/mol. The summed E-state index contributed by atoms with van der Waals surface area (Å²) in [5.41, 5.74) is 0. The zero-order valence-corrected chi connectivity index (χ0v) is 160. The van der Waals surface area contributed by atoms with Gasteiger partial charge in [-0.1, -0.05) is 0 Å². The summed E-state index contributed by atoms with van der Waals surface area (Å²) in [4.78, 5) is 0. The van der Waals surface area contributed by atoms with Gasteiger partial charge in [0.1, 0.15) is 0 Å². The van der Waals surface area contributed by atoms with Gasteiger partial charge in [0.15, 0.2) is 0 Å². The molecule has 0 bridgehead atoms. The fraction of sp³-hybridized carbons (Fsp3) is 0. The maximum Gasteiger partial charge on any atom is 0 e. The van der Waals surface area contributed by atoms with Crippen LogP contribution in [-0.2, 0) is 1170 Å². The van der Waals surface area contributed by atoms with Crippen molar-refractivity contribution in [3.63, 3.8) is 0 Å². The lowest BCUT2D eigenvalue weighted by atomic mass is 30.7.